The Morgan fingerprint density at radius 2 is 2.12 bits per heavy atom. The van der Waals surface area contributed by atoms with E-state index in [1.165, 1.54) is 31.9 Å². The van der Waals surface area contributed by atoms with Crippen molar-refractivity contribution in [1.29, 1.82) is 0 Å². The Balaban J connectivity index is 1.61. The molecule has 2 fully saturated rings. The second-order valence-corrected chi connectivity index (χ2v) is 5.42. The number of aromatic nitrogens is 2. The first-order valence-corrected chi connectivity index (χ1v) is 6.80. The molecule has 3 heterocycles. The third-order valence-corrected chi connectivity index (χ3v) is 4.09. The van der Waals surface area contributed by atoms with Crippen LogP contribution in [0.4, 0.5) is 0 Å². The molecule has 0 aliphatic carbocycles. The highest BCUT2D eigenvalue weighted by Gasteiger charge is 2.35. The topological polar surface area (TPSA) is 33.1 Å². The molecular formula is C13H22N4. The number of hydrogen-bond acceptors (Lipinski definition) is 3. The summed E-state index contributed by atoms with van der Waals surface area (Å²) < 4.78 is 2.16. The summed E-state index contributed by atoms with van der Waals surface area (Å²) in [6.45, 7) is 9.28. The van der Waals surface area contributed by atoms with E-state index in [0.29, 0.717) is 0 Å². The SMILES string of the molecule is CCCn1nccc1CN1CC2CNCC2C1. The predicted molar refractivity (Wildman–Crippen MR) is 67.6 cm³/mol. The summed E-state index contributed by atoms with van der Waals surface area (Å²) in [5.74, 6) is 1.77. The zero-order chi connectivity index (χ0) is 11.7. The van der Waals surface area contributed by atoms with Crippen molar-refractivity contribution >= 4 is 0 Å². The van der Waals surface area contributed by atoms with Gasteiger partial charge in [-0.2, -0.15) is 5.10 Å². The van der Waals surface area contributed by atoms with Gasteiger partial charge in [-0.1, -0.05) is 6.92 Å². The van der Waals surface area contributed by atoms with Gasteiger partial charge >= 0.3 is 0 Å². The van der Waals surface area contributed by atoms with Crippen LogP contribution in [-0.2, 0) is 13.1 Å². The highest BCUT2D eigenvalue weighted by molar-refractivity contribution is 5.02. The summed E-state index contributed by atoms with van der Waals surface area (Å²) in [4.78, 5) is 2.60. The molecule has 2 aliphatic rings. The summed E-state index contributed by atoms with van der Waals surface area (Å²) in [5.41, 5.74) is 1.37. The van der Waals surface area contributed by atoms with Crippen LogP contribution in [0, 0.1) is 11.8 Å². The van der Waals surface area contributed by atoms with Gasteiger partial charge in [-0.05, 0) is 37.4 Å². The largest absolute Gasteiger partial charge is 0.316 e. The van der Waals surface area contributed by atoms with Gasteiger partial charge in [0.2, 0.25) is 0 Å². The molecule has 2 unspecified atom stereocenters. The van der Waals surface area contributed by atoms with Gasteiger partial charge in [-0.25, -0.2) is 0 Å². The number of fused-ring (bicyclic) bond motifs is 1. The van der Waals surface area contributed by atoms with E-state index in [9.17, 15) is 0 Å². The van der Waals surface area contributed by atoms with Crippen molar-refractivity contribution in [3.05, 3.63) is 18.0 Å². The molecule has 1 aromatic rings. The Kier molecular flexibility index (Phi) is 3.16. The number of hydrogen-bond donors (Lipinski definition) is 1. The molecule has 94 valence electrons. The fourth-order valence-electron chi connectivity index (χ4n) is 3.22. The monoisotopic (exact) mass is 234 g/mol. The molecule has 17 heavy (non-hydrogen) atoms. The number of nitrogens with one attached hydrogen (secondary N) is 1. The van der Waals surface area contributed by atoms with E-state index in [1.807, 2.05) is 6.20 Å². The number of rotatable bonds is 4. The standard InChI is InChI=1S/C13H22N4/c1-2-5-17-13(3-4-15-17)10-16-8-11-6-14-7-12(11)9-16/h3-4,11-12,14H,2,5-10H2,1H3. The van der Waals surface area contributed by atoms with Crippen LogP contribution in [0.25, 0.3) is 0 Å². The first-order valence-electron chi connectivity index (χ1n) is 6.80. The van der Waals surface area contributed by atoms with Crippen molar-refractivity contribution < 1.29 is 0 Å². The van der Waals surface area contributed by atoms with Crippen molar-refractivity contribution in [2.24, 2.45) is 11.8 Å². The summed E-state index contributed by atoms with van der Waals surface area (Å²) in [5, 5.41) is 7.89. The number of nitrogens with zero attached hydrogens (tertiary/aromatic N) is 3. The van der Waals surface area contributed by atoms with Crippen LogP contribution in [0.1, 0.15) is 19.0 Å². The first-order chi connectivity index (χ1) is 8.36. The highest BCUT2D eigenvalue weighted by atomic mass is 15.3. The summed E-state index contributed by atoms with van der Waals surface area (Å²) in [6.07, 6.45) is 3.09. The van der Waals surface area contributed by atoms with Gasteiger partial charge in [0.1, 0.15) is 0 Å². The molecular weight excluding hydrogens is 212 g/mol. The normalized spacial score (nSPS) is 28.8. The van der Waals surface area contributed by atoms with E-state index >= 15 is 0 Å². The van der Waals surface area contributed by atoms with Crippen molar-refractivity contribution in [3.63, 3.8) is 0 Å². The molecule has 2 saturated heterocycles. The lowest BCUT2D eigenvalue weighted by molar-refractivity contribution is 0.294. The van der Waals surface area contributed by atoms with E-state index in [-0.39, 0.29) is 0 Å². The number of aryl methyl sites for hydroxylation is 1. The highest BCUT2D eigenvalue weighted by Crippen LogP contribution is 2.27. The van der Waals surface area contributed by atoms with E-state index in [0.717, 1.165) is 31.3 Å². The van der Waals surface area contributed by atoms with E-state index in [2.05, 4.69) is 33.0 Å². The van der Waals surface area contributed by atoms with Gasteiger partial charge in [-0.3, -0.25) is 9.58 Å². The van der Waals surface area contributed by atoms with Crippen LogP contribution in [0.3, 0.4) is 0 Å². The van der Waals surface area contributed by atoms with Gasteiger partial charge in [0.05, 0.1) is 5.69 Å². The minimum atomic E-state index is 0.887. The lowest BCUT2D eigenvalue weighted by atomic mass is 10.0. The molecule has 2 atom stereocenters. The Morgan fingerprint density at radius 3 is 2.82 bits per heavy atom. The molecule has 0 amide bonds. The maximum absolute atomic E-state index is 4.40. The van der Waals surface area contributed by atoms with Crippen molar-refractivity contribution in [1.82, 2.24) is 20.0 Å². The lowest BCUT2D eigenvalue weighted by Gasteiger charge is -2.17. The third kappa shape index (κ3) is 2.24. The third-order valence-electron chi connectivity index (χ3n) is 4.09. The van der Waals surface area contributed by atoms with Crippen molar-refractivity contribution in [3.8, 4) is 0 Å². The minimum absolute atomic E-state index is 0.887. The average Bonchev–Trinajstić information content (AvgIpc) is 2.95. The average molecular weight is 234 g/mol. The van der Waals surface area contributed by atoms with Crippen LogP contribution in [0.5, 0.6) is 0 Å². The number of likely N-dealkylation sites (tertiary alicyclic amines) is 1. The quantitative estimate of drug-likeness (QED) is 0.842. The molecule has 2 aliphatic heterocycles. The Morgan fingerprint density at radius 1 is 1.35 bits per heavy atom. The Labute approximate surface area is 103 Å². The van der Waals surface area contributed by atoms with Crippen LogP contribution in [0.2, 0.25) is 0 Å². The Bertz CT molecular complexity index is 361. The van der Waals surface area contributed by atoms with E-state index < -0.39 is 0 Å². The molecule has 4 heteroatoms. The van der Waals surface area contributed by atoms with E-state index in [4.69, 9.17) is 0 Å². The summed E-state index contributed by atoms with van der Waals surface area (Å²) in [7, 11) is 0. The molecule has 0 bridgehead atoms. The molecule has 0 radical (unpaired) electrons. The molecule has 0 aromatic carbocycles. The summed E-state index contributed by atoms with van der Waals surface area (Å²) in [6, 6.07) is 2.17. The minimum Gasteiger partial charge on any atom is -0.316 e. The zero-order valence-corrected chi connectivity index (χ0v) is 10.6. The molecule has 1 N–H and O–H groups in total. The van der Waals surface area contributed by atoms with Crippen LogP contribution < -0.4 is 5.32 Å². The first kappa shape index (κ1) is 11.2. The Hall–Kier alpha value is -0.870. The van der Waals surface area contributed by atoms with E-state index in [1.54, 1.807) is 0 Å². The molecule has 3 rings (SSSR count). The van der Waals surface area contributed by atoms with Gasteiger partial charge in [-0.15, -0.1) is 0 Å². The van der Waals surface area contributed by atoms with Crippen LogP contribution in [-0.4, -0.2) is 40.9 Å². The second kappa shape index (κ2) is 4.78. The summed E-state index contributed by atoms with van der Waals surface area (Å²) >= 11 is 0. The molecule has 4 nitrogen and oxygen atoms in total. The van der Waals surface area contributed by atoms with Gasteiger partial charge in [0, 0.05) is 32.4 Å². The fourth-order valence-corrected chi connectivity index (χ4v) is 3.22. The van der Waals surface area contributed by atoms with Gasteiger partial charge in [0.25, 0.3) is 0 Å². The zero-order valence-electron chi connectivity index (χ0n) is 10.6. The maximum Gasteiger partial charge on any atom is 0.0524 e. The predicted octanol–water partition coefficient (Wildman–Crippen LogP) is 0.944. The van der Waals surface area contributed by atoms with Crippen LogP contribution in [0.15, 0.2) is 12.3 Å². The fraction of sp³-hybridized carbons (Fsp3) is 0.769. The van der Waals surface area contributed by atoms with Crippen molar-refractivity contribution in [2.45, 2.75) is 26.4 Å². The van der Waals surface area contributed by atoms with Crippen molar-refractivity contribution in [2.75, 3.05) is 26.2 Å². The molecule has 0 saturated carbocycles. The lowest BCUT2D eigenvalue weighted by Crippen LogP contribution is -2.26. The second-order valence-electron chi connectivity index (χ2n) is 5.42. The maximum atomic E-state index is 4.40. The smallest absolute Gasteiger partial charge is 0.0524 e. The van der Waals surface area contributed by atoms with Crippen LogP contribution >= 0.6 is 0 Å². The van der Waals surface area contributed by atoms with Gasteiger partial charge in [0.15, 0.2) is 0 Å². The van der Waals surface area contributed by atoms with Gasteiger partial charge < -0.3 is 5.32 Å². The molecule has 1 aromatic heterocycles. The molecule has 0 spiro atoms.